The minimum absolute atomic E-state index is 0.0562. The van der Waals surface area contributed by atoms with Crippen LogP contribution in [0.15, 0.2) is 24.3 Å². The normalized spacial score (nSPS) is 23.9. The standard InChI is InChI=1S/C27H43NO6/c1-4-7-22(30)19-24-13-10-20(2)8-5-6-9-26(31)28(3)25(27(32)34-24)18-21-11-14-23(15-12-21)33-17-16-29/h11-12,14-15,20,22,24-25,29-30H,4-10,13,16-19H2,1-3H3/t20-,22+,24+,25+/m1/s1. The minimum atomic E-state index is -0.735. The molecule has 7 nitrogen and oxygen atoms in total. The molecule has 2 rings (SSSR count). The second-order valence-electron chi connectivity index (χ2n) is 9.61. The van der Waals surface area contributed by atoms with E-state index in [9.17, 15) is 14.7 Å². The van der Waals surface area contributed by atoms with Crippen LogP contribution in [-0.2, 0) is 20.7 Å². The van der Waals surface area contributed by atoms with Crippen LogP contribution in [-0.4, -0.2) is 65.5 Å². The molecule has 4 atom stereocenters. The van der Waals surface area contributed by atoms with E-state index in [0.29, 0.717) is 37.4 Å². The molecule has 34 heavy (non-hydrogen) atoms. The van der Waals surface area contributed by atoms with Gasteiger partial charge in [0, 0.05) is 26.3 Å². The number of aliphatic hydroxyl groups is 2. The third kappa shape index (κ3) is 9.63. The molecular weight excluding hydrogens is 434 g/mol. The lowest BCUT2D eigenvalue weighted by Gasteiger charge is -2.29. The van der Waals surface area contributed by atoms with Crippen LogP contribution >= 0.6 is 0 Å². The quantitative estimate of drug-likeness (QED) is 0.524. The highest BCUT2D eigenvalue weighted by atomic mass is 16.5. The van der Waals surface area contributed by atoms with Crippen LogP contribution in [0.4, 0.5) is 0 Å². The summed E-state index contributed by atoms with van der Waals surface area (Å²) in [5, 5.41) is 19.3. The van der Waals surface area contributed by atoms with Gasteiger partial charge in [-0.3, -0.25) is 4.79 Å². The van der Waals surface area contributed by atoms with Crippen LogP contribution in [0.25, 0.3) is 0 Å². The van der Waals surface area contributed by atoms with E-state index in [4.69, 9.17) is 14.6 Å². The van der Waals surface area contributed by atoms with Crippen LogP contribution in [0, 0.1) is 5.92 Å². The van der Waals surface area contributed by atoms with Gasteiger partial charge in [0.15, 0.2) is 0 Å². The van der Waals surface area contributed by atoms with Crippen LogP contribution in [0.1, 0.15) is 77.2 Å². The Labute approximate surface area is 204 Å². The van der Waals surface area contributed by atoms with Crippen molar-refractivity contribution in [3.05, 3.63) is 29.8 Å². The predicted octanol–water partition coefficient (Wildman–Crippen LogP) is 3.88. The smallest absolute Gasteiger partial charge is 0.329 e. The van der Waals surface area contributed by atoms with Crippen LogP contribution in [0.2, 0.25) is 0 Å². The zero-order chi connectivity index (χ0) is 24.9. The monoisotopic (exact) mass is 477 g/mol. The van der Waals surface area contributed by atoms with E-state index in [0.717, 1.165) is 44.1 Å². The van der Waals surface area contributed by atoms with E-state index in [1.807, 2.05) is 19.1 Å². The van der Waals surface area contributed by atoms with Crippen LogP contribution in [0.5, 0.6) is 5.75 Å². The molecule has 1 saturated heterocycles. The summed E-state index contributed by atoms with van der Waals surface area (Å²) in [5.74, 6) is 0.649. The van der Waals surface area contributed by atoms with Gasteiger partial charge in [-0.2, -0.15) is 0 Å². The molecule has 0 bridgehead atoms. The molecule has 1 aromatic carbocycles. The largest absolute Gasteiger partial charge is 0.491 e. The molecule has 1 aliphatic heterocycles. The van der Waals surface area contributed by atoms with Gasteiger partial charge in [0.2, 0.25) is 5.91 Å². The lowest BCUT2D eigenvalue weighted by atomic mass is 9.94. The number of rotatable bonds is 9. The third-order valence-corrected chi connectivity index (χ3v) is 6.60. The Balaban J connectivity index is 2.21. The summed E-state index contributed by atoms with van der Waals surface area (Å²) < 4.78 is 11.4. The van der Waals surface area contributed by atoms with Gasteiger partial charge in [-0.05, 0) is 49.3 Å². The molecule has 0 spiro atoms. The maximum absolute atomic E-state index is 13.4. The highest BCUT2D eigenvalue weighted by Gasteiger charge is 2.31. The molecule has 1 heterocycles. The molecule has 7 heteroatoms. The molecule has 0 aliphatic carbocycles. The lowest BCUT2D eigenvalue weighted by Crippen LogP contribution is -2.46. The first-order valence-electron chi connectivity index (χ1n) is 12.8. The topological polar surface area (TPSA) is 96.3 Å². The van der Waals surface area contributed by atoms with Crippen molar-refractivity contribution in [3.8, 4) is 5.75 Å². The molecule has 1 aromatic rings. The van der Waals surface area contributed by atoms with Crippen molar-refractivity contribution in [1.29, 1.82) is 0 Å². The van der Waals surface area contributed by atoms with Gasteiger partial charge in [-0.1, -0.05) is 45.2 Å². The number of carbonyl (C=O) groups is 2. The molecular formula is C27H43NO6. The number of esters is 1. The number of benzene rings is 1. The fourth-order valence-corrected chi connectivity index (χ4v) is 4.44. The summed E-state index contributed by atoms with van der Waals surface area (Å²) in [5.41, 5.74) is 0.887. The number of carbonyl (C=O) groups excluding carboxylic acids is 2. The summed E-state index contributed by atoms with van der Waals surface area (Å²) in [6.45, 7) is 4.38. The van der Waals surface area contributed by atoms with E-state index >= 15 is 0 Å². The molecule has 1 aliphatic rings. The van der Waals surface area contributed by atoms with E-state index in [-0.39, 0.29) is 25.2 Å². The number of aliphatic hydroxyl groups excluding tert-OH is 2. The number of nitrogens with zero attached hydrogens (tertiary/aromatic N) is 1. The number of likely N-dealkylation sites (N-methyl/N-ethyl adjacent to an activating group) is 1. The zero-order valence-electron chi connectivity index (χ0n) is 21.1. The predicted molar refractivity (Wildman–Crippen MR) is 132 cm³/mol. The Kier molecular flexibility index (Phi) is 12.4. The van der Waals surface area contributed by atoms with Crippen LogP contribution < -0.4 is 4.74 Å². The van der Waals surface area contributed by atoms with Crippen molar-refractivity contribution < 1.29 is 29.3 Å². The Morgan fingerprint density at radius 1 is 1.15 bits per heavy atom. The first-order valence-corrected chi connectivity index (χ1v) is 12.8. The Morgan fingerprint density at radius 3 is 2.56 bits per heavy atom. The lowest BCUT2D eigenvalue weighted by molar-refractivity contribution is -0.160. The third-order valence-electron chi connectivity index (χ3n) is 6.60. The molecule has 1 fully saturated rings. The number of hydrogen-bond donors (Lipinski definition) is 2. The fourth-order valence-electron chi connectivity index (χ4n) is 4.44. The van der Waals surface area contributed by atoms with E-state index in [1.165, 1.54) is 4.90 Å². The second kappa shape index (κ2) is 15.0. The molecule has 0 radical (unpaired) electrons. The molecule has 192 valence electrons. The Morgan fingerprint density at radius 2 is 1.88 bits per heavy atom. The summed E-state index contributed by atoms with van der Waals surface area (Å²) >= 11 is 0. The Hall–Kier alpha value is -2.12. The average molecular weight is 478 g/mol. The summed E-state index contributed by atoms with van der Waals surface area (Å²) in [4.78, 5) is 27.8. The summed E-state index contributed by atoms with van der Waals surface area (Å²) in [6, 6.07) is 6.58. The number of ether oxygens (including phenoxy) is 2. The highest BCUT2D eigenvalue weighted by Crippen LogP contribution is 2.23. The van der Waals surface area contributed by atoms with Gasteiger partial charge in [0.25, 0.3) is 0 Å². The zero-order valence-corrected chi connectivity index (χ0v) is 21.1. The van der Waals surface area contributed by atoms with Crippen molar-refractivity contribution in [1.82, 2.24) is 4.90 Å². The number of cyclic esters (lactones) is 1. The van der Waals surface area contributed by atoms with Gasteiger partial charge in [0.1, 0.15) is 24.5 Å². The summed E-state index contributed by atoms with van der Waals surface area (Å²) in [7, 11) is 1.68. The van der Waals surface area contributed by atoms with Gasteiger partial charge >= 0.3 is 5.97 Å². The van der Waals surface area contributed by atoms with Crippen molar-refractivity contribution in [3.63, 3.8) is 0 Å². The van der Waals surface area contributed by atoms with Crippen LogP contribution in [0.3, 0.4) is 0 Å². The van der Waals surface area contributed by atoms with Gasteiger partial charge in [0.05, 0.1) is 12.7 Å². The second-order valence-corrected chi connectivity index (χ2v) is 9.61. The minimum Gasteiger partial charge on any atom is -0.491 e. The molecule has 0 unspecified atom stereocenters. The maximum atomic E-state index is 13.4. The maximum Gasteiger partial charge on any atom is 0.329 e. The first kappa shape index (κ1) is 28.1. The number of hydrogen-bond acceptors (Lipinski definition) is 6. The highest BCUT2D eigenvalue weighted by molar-refractivity contribution is 5.84. The first-order chi connectivity index (χ1) is 16.3. The fraction of sp³-hybridized carbons (Fsp3) is 0.704. The average Bonchev–Trinajstić information content (AvgIpc) is 2.82. The van der Waals surface area contributed by atoms with E-state index in [2.05, 4.69) is 6.92 Å². The molecule has 0 saturated carbocycles. The van der Waals surface area contributed by atoms with E-state index < -0.39 is 18.1 Å². The van der Waals surface area contributed by atoms with E-state index in [1.54, 1.807) is 19.2 Å². The van der Waals surface area contributed by atoms with Crippen molar-refractivity contribution in [2.75, 3.05) is 20.3 Å². The Bertz CT molecular complexity index is 737. The van der Waals surface area contributed by atoms with Gasteiger partial charge < -0.3 is 24.6 Å². The van der Waals surface area contributed by atoms with Crippen molar-refractivity contribution in [2.45, 2.75) is 96.3 Å². The van der Waals surface area contributed by atoms with Crippen molar-refractivity contribution in [2.24, 2.45) is 5.92 Å². The SMILES string of the molecule is CCC[C@H](O)C[C@@H]1CC[C@H](C)CCCCC(=O)N(C)[C@@H](Cc2ccc(OCCO)cc2)C(=O)O1. The molecule has 2 N–H and O–H groups in total. The molecule has 1 amide bonds. The van der Waals surface area contributed by atoms with Gasteiger partial charge in [-0.25, -0.2) is 4.79 Å². The molecule has 0 aromatic heterocycles. The van der Waals surface area contributed by atoms with Gasteiger partial charge in [-0.15, -0.1) is 0 Å². The van der Waals surface area contributed by atoms with Crippen molar-refractivity contribution >= 4 is 11.9 Å². The summed E-state index contributed by atoms with van der Waals surface area (Å²) in [6.07, 6.45) is 6.35. The number of amides is 1.